The summed E-state index contributed by atoms with van der Waals surface area (Å²) in [6.07, 6.45) is 2.62. The van der Waals surface area contributed by atoms with Crippen LogP contribution in [-0.2, 0) is 0 Å². The number of aryl methyl sites for hydroxylation is 2. The largest absolute Gasteiger partial charge is 0.369 e. The Morgan fingerprint density at radius 3 is 2.13 bits per heavy atom. The van der Waals surface area contributed by atoms with E-state index in [-0.39, 0.29) is 0 Å². The highest BCUT2D eigenvalue weighted by Gasteiger charge is 2.02. The van der Waals surface area contributed by atoms with Crippen LogP contribution in [0.15, 0.2) is 17.1 Å². The number of hydrogen-bond donors (Lipinski definition) is 0. The van der Waals surface area contributed by atoms with Gasteiger partial charge in [0.05, 0.1) is 12.0 Å². The number of aliphatic imine (C=N–C) groups is 1. The molecule has 0 spiro atoms. The predicted molar refractivity (Wildman–Crippen MR) is 63.1 cm³/mol. The first-order valence-electron chi connectivity index (χ1n) is 4.81. The number of carbonyl (C=O) groups is 1. The van der Waals surface area contributed by atoms with Gasteiger partial charge in [0.2, 0.25) is 0 Å². The standard InChI is InChI=1S/C12H16N2O/c1-9-5-11(7-15)6-10(2)12(9)13-8-14(3)4/h5-8H,1-4H3/b13-8+. The van der Waals surface area contributed by atoms with Crippen molar-refractivity contribution in [2.75, 3.05) is 14.1 Å². The van der Waals surface area contributed by atoms with E-state index in [0.29, 0.717) is 5.56 Å². The van der Waals surface area contributed by atoms with Crippen LogP contribution >= 0.6 is 0 Å². The first kappa shape index (κ1) is 11.4. The number of nitrogens with zero attached hydrogens (tertiary/aromatic N) is 2. The van der Waals surface area contributed by atoms with Crippen LogP contribution in [0.3, 0.4) is 0 Å². The van der Waals surface area contributed by atoms with Gasteiger partial charge in [-0.3, -0.25) is 4.79 Å². The van der Waals surface area contributed by atoms with Crippen LogP contribution in [0.25, 0.3) is 0 Å². The zero-order chi connectivity index (χ0) is 11.4. The molecule has 0 unspecified atom stereocenters. The Balaban J connectivity index is 3.14. The molecule has 80 valence electrons. The molecule has 0 aliphatic carbocycles. The minimum atomic E-state index is 0.703. The van der Waals surface area contributed by atoms with Crippen molar-refractivity contribution >= 4 is 18.3 Å². The normalized spacial score (nSPS) is 10.7. The Morgan fingerprint density at radius 1 is 1.20 bits per heavy atom. The first-order chi connectivity index (χ1) is 7.04. The molecule has 0 aromatic heterocycles. The molecule has 0 heterocycles. The van der Waals surface area contributed by atoms with Gasteiger partial charge in [-0.25, -0.2) is 4.99 Å². The second-order valence-electron chi connectivity index (χ2n) is 3.83. The van der Waals surface area contributed by atoms with Crippen molar-refractivity contribution < 1.29 is 4.79 Å². The molecule has 0 fully saturated rings. The van der Waals surface area contributed by atoms with Crippen molar-refractivity contribution in [1.29, 1.82) is 0 Å². The number of hydrogen-bond acceptors (Lipinski definition) is 2. The maximum absolute atomic E-state index is 10.6. The summed E-state index contributed by atoms with van der Waals surface area (Å²) < 4.78 is 0. The molecule has 0 aliphatic heterocycles. The van der Waals surface area contributed by atoms with Gasteiger partial charge in [-0.1, -0.05) is 0 Å². The molecule has 0 aliphatic rings. The molecular weight excluding hydrogens is 188 g/mol. The van der Waals surface area contributed by atoms with Gasteiger partial charge >= 0.3 is 0 Å². The number of carbonyl (C=O) groups excluding carboxylic acids is 1. The zero-order valence-corrected chi connectivity index (χ0v) is 9.61. The van der Waals surface area contributed by atoms with Gasteiger partial charge in [-0.15, -0.1) is 0 Å². The van der Waals surface area contributed by atoms with E-state index in [1.165, 1.54) is 0 Å². The molecule has 3 nitrogen and oxygen atoms in total. The van der Waals surface area contributed by atoms with E-state index in [2.05, 4.69) is 4.99 Å². The van der Waals surface area contributed by atoms with E-state index >= 15 is 0 Å². The molecule has 0 saturated heterocycles. The SMILES string of the molecule is Cc1cc(C=O)cc(C)c1/N=C/N(C)C. The molecular formula is C12H16N2O. The summed E-state index contributed by atoms with van der Waals surface area (Å²) in [5.74, 6) is 0. The van der Waals surface area contributed by atoms with Crippen LogP contribution in [0, 0.1) is 13.8 Å². The summed E-state index contributed by atoms with van der Waals surface area (Å²) in [4.78, 5) is 16.9. The zero-order valence-electron chi connectivity index (χ0n) is 9.61. The lowest BCUT2D eigenvalue weighted by atomic mass is 10.1. The van der Waals surface area contributed by atoms with Gasteiger partial charge in [-0.2, -0.15) is 0 Å². The Morgan fingerprint density at radius 2 is 1.73 bits per heavy atom. The van der Waals surface area contributed by atoms with E-state index in [4.69, 9.17) is 0 Å². The monoisotopic (exact) mass is 204 g/mol. The molecule has 0 N–H and O–H groups in total. The molecule has 15 heavy (non-hydrogen) atoms. The Hall–Kier alpha value is -1.64. The van der Waals surface area contributed by atoms with Crippen LogP contribution < -0.4 is 0 Å². The van der Waals surface area contributed by atoms with E-state index in [0.717, 1.165) is 23.1 Å². The molecule has 3 heteroatoms. The van der Waals surface area contributed by atoms with Crippen molar-refractivity contribution in [3.63, 3.8) is 0 Å². The Kier molecular flexibility index (Phi) is 3.61. The number of rotatable bonds is 3. The second kappa shape index (κ2) is 4.73. The fourth-order valence-electron chi connectivity index (χ4n) is 1.43. The third kappa shape index (κ3) is 2.91. The lowest BCUT2D eigenvalue weighted by Crippen LogP contribution is -2.07. The topological polar surface area (TPSA) is 32.7 Å². The van der Waals surface area contributed by atoms with Gasteiger partial charge in [-0.05, 0) is 37.1 Å². The lowest BCUT2D eigenvalue weighted by molar-refractivity contribution is 0.112. The third-order valence-electron chi connectivity index (χ3n) is 2.07. The summed E-state index contributed by atoms with van der Waals surface area (Å²) in [5, 5.41) is 0. The summed E-state index contributed by atoms with van der Waals surface area (Å²) >= 11 is 0. The minimum absolute atomic E-state index is 0.703. The Bertz CT molecular complexity index is 372. The minimum Gasteiger partial charge on any atom is -0.369 e. The highest BCUT2D eigenvalue weighted by molar-refractivity contribution is 5.78. The lowest BCUT2D eigenvalue weighted by Gasteiger charge is -2.07. The van der Waals surface area contributed by atoms with Gasteiger partial charge in [0, 0.05) is 19.7 Å². The number of benzene rings is 1. The van der Waals surface area contributed by atoms with Crippen molar-refractivity contribution in [2.24, 2.45) is 4.99 Å². The fourth-order valence-corrected chi connectivity index (χ4v) is 1.43. The molecule has 0 amide bonds. The van der Waals surface area contributed by atoms with E-state index < -0.39 is 0 Å². The molecule has 1 aromatic carbocycles. The van der Waals surface area contributed by atoms with Crippen LogP contribution in [0.1, 0.15) is 21.5 Å². The van der Waals surface area contributed by atoms with Gasteiger partial charge < -0.3 is 4.90 Å². The fraction of sp³-hybridized carbons (Fsp3) is 0.333. The van der Waals surface area contributed by atoms with Crippen LogP contribution in [0.2, 0.25) is 0 Å². The molecule has 0 atom stereocenters. The molecule has 0 saturated carbocycles. The van der Waals surface area contributed by atoms with E-state index in [1.54, 1.807) is 6.34 Å². The predicted octanol–water partition coefficient (Wildman–Crippen LogP) is 2.34. The average Bonchev–Trinajstić information content (AvgIpc) is 2.15. The highest BCUT2D eigenvalue weighted by Crippen LogP contribution is 2.24. The highest BCUT2D eigenvalue weighted by atomic mass is 16.1. The molecule has 0 bridgehead atoms. The van der Waals surface area contributed by atoms with Crippen molar-refractivity contribution in [3.8, 4) is 0 Å². The Labute approximate surface area is 90.4 Å². The van der Waals surface area contributed by atoms with Crippen molar-refractivity contribution in [3.05, 3.63) is 28.8 Å². The summed E-state index contributed by atoms with van der Waals surface area (Å²) in [5.41, 5.74) is 3.69. The van der Waals surface area contributed by atoms with Crippen molar-refractivity contribution in [2.45, 2.75) is 13.8 Å². The van der Waals surface area contributed by atoms with Gasteiger partial charge in [0.15, 0.2) is 0 Å². The quantitative estimate of drug-likeness (QED) is 0.430. The number of aldehydes is 1. The molecule has 1 rings (SSSR count). The maximum atomic E-state index is 10.6. The summed E-state index contributed by atoms with van der Waals surface area (Å²) in [7, 11) is 3.85. The summed E-state index contributed by atoms with van der Waals surface area (Å²) in [6.45, 7) is 3.92. The molecule has 0 radical (unpaired) electrons. The van der Waals surface area contributed by atoms with E-state index in [9.17, 15) is 4.79 Å². The average molecular weight is 204 g/mol. The van der Waals surface area contributed by atoms with E-state index in [1.807, 2.05) is 45.0 Å². The third-order valence-corrected chi connectivity index (χ3v) is 2.07. The van der Waals surface area contributed by atoms with Crippen LogP contribution in [0.4, 0.5) is 5.69 Å². The van der Waals surface area contributed by atoms with Crippen LogP contribution in [0.5, 0.6) is 0 Å². The first-order valence-corrected chi connectivity index (χ1v) is 4.81. The maximum Gasteiger partial charge on any atom is 0.150 e. The summed E-state index contributed by atoms with van der Waals surface area (Å²) in [6, 6.07) is 3.70. The van der Waals surface area contributed by atoms with Gasteiger partial charge in [0.1, 0.15) is 6.29 Å². The van der Waals surface area contributed by atoms with Gasteiger partial charge in [0.25, 0.3) is 0 Å². The second-order valence-corrected chi connectivity index (χ2v) is 3.83. The van der Waals surface area contributed by atoms with Crippen molar-refractivity contribution in [1.82, 2.24) is 4.90 Å². The van der Waals surface area contributed by atoms with Crippen LogP contribution in [-0.4, -0.2) is 31.6 Å². The smallest absolute Gasteiger partial charge is 0.150 e. The molecule has 1 aromatic rings.